The van der Waals surface area contributed by atoms with E-state index in [-0.39, 0.29) is 29.4 Å². The van der Waals surface area contributed by atoms with Crippen LogP contribution in [-0.2, 0) is 9.63 Å². The van der Waals surface area contributed by atoms with Gasteiger partial charge in [-0.25, -0.2) is 0 Å². The molecule has 0 radical (unpaired) electrons. The van der Waals surface area contributed by atoms with Crippen molar-refractivity contribution in [3.05, 3.63) is 35.2 Å². The molecule has 0 bridgehead atoms. The fourth-order valence-corrected chi connectivity index (χ4v) is 4.34. The topological polar surface area (TPSA) is 94.3 Å². The van der Waals surface area contributed by atoms with Gasteiger partial charge in [0, 0.05) is 5.69 Å². The molecule has 2 aromatic rings. The summed E-state index contributed by atoms with van der Waals surface area (Å²) < 4.78 is 0. The molecule has 1 amide bonds. The number of para-hydroxylation sites is 1. The molecule has 0 saturated heterocycles. The van der Waals surface area contributed by atoms with Crippen molar-refractivity contribution in [3.8, 4) is 0 Å². The first-order chi connectivity index (χ1) is 17.3. The Labute approximate surface area is 217 Å². The minimum Gasteiger partial charge on any atom is -0.398 e. The number of oxime groups is 1. The van der Waals surface area contributed by atoms with Crippen LogP contribution in [0.25, 0.3) is 0 Å². The van der Waals surface area contributed by atoms with E-state index in [1.54, 1.807) is 4.80 Å². The molecule has 1 atom stereocenters. The largest absolute Gasteiger partial charge is 0.398 e. The molecule has 0 aliphatic rings. The van der Waals surface area contributed by atoms with E-state index in [0.717, 1.165) is 29.7 Å². The van der Waals surface area contributed by atoms with E-state index in [2.05, 4.69) is 67.4 Å². The van der Waals surface area contributed by atoms with Crippen molar-refractivity contribution < 1.29 is 9.63 Å². The summed E-state index contributed by atoms with van der Waals surface area (Å²) in [6.07, 6.45) is 11.2. The van der Waals surface area contributed by atoms with Gasteiger partial charge in [0.2, 0.25) is 11.5 Å². The molecule has 0 spiro atoms. The Balaban J connectivity index is 2.06. The van der Waals surface area contributed by atoms with E-state index in [0.29, 0.717) is 0 Å². The summed E-state index contributed by atoms with van der Waals surface area (Å²) in [5.74, 6) is 0.239. The van der Waals surface area contributed by atoms with Crippen LogP contribution < -0.4 is 5.32 Å². The molecule has 1 unspecified atom stereocenters. The van der Waals surface area contributed by atoms with Crippen LogP contribution in [0.5, 0.6) is 0 Å². The number of anilines is 1. The van der Waals surface area contributed by atoms with Crippen molar-refractivity contribution in [1.82, 2.24) is 20.2 Å². The number of unbranched alkanes of at least 4 members (excludes halogenated alkanes) is 7. The lowest BCUT2D eigenvalue weighted by Crippen LogP contribution is -2.27. The SMILES string of the molecule is CCCCCCCCCCC(C)n1nnc(/C(=N\OC)C(=O)Nc2c(C(C)C)cccc2C(C)C)n1. The fraction of sp³-hybridized carbons (Fsp3) is 0.679. The standard InChI is InChI=1S/C28H46N6O2/c1-8-9-10-11-12-13-14-15-17-22(6)34-31-27(30-33-34)26(32-36-7)28(35)29-25-23(20(2)3)18-16-19-24(25)21(4)5/h16,18-22H,8-15,17H2,1-7H3,(H,29,35)/b32-26+. The molecule has 0 aliphatic carbocycles. The third kappa shape index (κ3) is 8.71. The predicted octanol–water partition coefficient (Wildman–Crippen LogP) is 7.00. The molecule has 1 aromatic heterocycles. The Hall–Kier alpha value is -2.77. The van der Waals surface area contributed by atoms with Gasteiger partial charge in [-0.1, -0.05) is 109 Å². The summed E-state index contributed by atoms with van der Waals surface area (Å²) in [6, 6.07) is 6.21. The number of hydrogen-bond donors (Lipinski definition) is 1. The van der Waals surface area contributed by atoms with Gasteiger partial charge in [0.05, 0.1) is 6.04 Å². The number of carbonyl (C=O) groups is 1. The van der Waals surface area contributed by atoms with Crippen LogP contribution in [0.4, 0.5) is 5.69 Å². The quantitative estimate of drug-likeness (QED) is 0.153. The Morgan fingerprint density at radius 2 is 1.56 bits per heavy atom. The number of tetrazole rings is 1. The van der Waals surface area contributed by atoms with E-state index in [1.165, 1.54) is 52.1 Å². The van der Waals surface area contributed by atoms with Gasteiger partial charge in [-0.05, 0) is 41.5 Å². The minimum atomic E-state index is -0.415. The summed E-state index contributed by atoms with van der Waals surface area (Å²) in [7, 11) is 1.41. The Morgan fingerprint density at radius 1 is 0.972 bits per heavy atom. The molecular weight excluding hydrogens is 452 g/mol. The molecule has 0 fully saturated rings. The number of hydrogen-bond acceptors (Lipinski definition) is 6. The predicted molar refractivity (Wildman–Crippen MR) is 147 cm³/mol. The zero-order valence-corrected chi connectivity index (χ0v) is 23.4. The van der Waals surface area contributed by atoms with E-state index in [4.69, 9.17) is 4.84 Å². The van der Waals surface area contributed by atoms with E-state index >= 15 is 0 Å². The Kier molecular flexibility index (Phi) is 12.6. The van der Waals surface area contributed by atoms with Crippen molar-refractivity contribution in [2.75, 3.05) is 12.4 Å². The Morgan fingerprint density at radius 3 is 2.11 bits per heavy atom. The van der Waals surface area contributed by atoms with Crippen molar-refractivity contribution in [3.63, 3.8) is 0 Å². The molecular formula is C28H46N6O2. The van der Waals surface area contributed by atoms with Crippen LogP contribution in [0.2, 0.25) is 0 Å². The van der Waals surface area contributed by atoms with Gasteiger partial charge in [0.1, 0.15) is 7.11 Å². The normalized spacial score (nSPS) is 12.9. The van der Waals surface area contributed by atoms with Crippen molar-refractivity contribution >= 4 is 17.3 Å². The first-order valence-corrected chi connectivity index (χ1v) is 13.6. The van der Waals surface area contributed by atoms with Gasteiger partial charge >= 0.3 is 0 Å². The number of carbonyl (C=O) groups excluding carboxylic acids is 1. The fourth-order valence-electron chi connectivity index (χ4n) is 4.34. The third-order valence-electron chi connectivity index (χ3n) is 6.52. The van der Waals surface area contributed by atoms with Crippen LogP contribution in [0.15, 0.2) is 23.4 Å². The molecule has 200 valence electrons. The number of aromatic nitrogens is 4. The summed E-state index contributed by atoms with van der Waals surface area (Å²) in [5.41, 5.74) is 2.96. The van der Waals surface area contributed by atoms with Crippen LogP contribution in [0.3, 0.4) is 0 Å². The average molecular weight is 499 g/mol. The second kappa shape index (κ2) is 15.4. The molecule has 0 saturated carbocycles. The van der Waals surface area contributed by atoms with Gasteiger partial charge in [-0.15, -0.1) is 10.2 Å². The zero-order valence-electron chi connectivity index (χ0n) is 23.4. The highest BCUT2D eigenvalue weighted by Crippen LogP contribution is 2.32. The van der Waals surface area contributed by atoms with Crippen LogP contribution >= 0.6 is 0 Å². The van der Waals surface area contributed by atoms with Crippen LogP contribution in [0.1, 0.15) is 134 Å². The maximum Gasteiger partial charge on any atom is 0.281 e. The molecule has 1 N–H and O–H groups in total. The lowest BCUT2D eigenvalue weighted by atomic mass is 9.92. The van der Waals surface area contributed by atoms with Gasteiger partial charge in [-0.2, -0.15) is 4.80 Å². The van der Waals surface area contributed by atoms with E-state index in [1.807, 2.05) is 18.2 Å². The van der Waals surface area contributed by atoms with Gasteiger partial charge in [0.15, 0.2) is 0 Å². The van der Waals surface area contributed by atoms with Gasteiger partial charge in [0.25, 0.3) is 5.91 Å². The maximum absolute atomic E-state index is 13.3. The molecule has 8 heteroatoms. The highest BCUT2D eigenvalue weighted by molar-refractivity contribution is 6.47. The zero-order chi connectivity index (χ0) is 26.5. The highest BCUT2D eigenvalue weighted by Gasteiger charge is 2.24. The first kappa shape index (κ1) is 29.5. The molecule has 1 aromatic carbocycles. The molecule has 0 aliphatic heterocycles. The van der Waals surface area contributed by atoms with Crippen molar-refractivity contribution in [2.45, 2.75) is 117 Å². The van der Waals surface area contributed by atoms with Crippen LogP contribution in [0, 0.1) is 0 Å². The summed E-state index contributed by atoms with van der Waals surface area (Å²) in [5, 5.41) is 19.8. The summed E-state index contributed by atoms with van der Waals surface area (Å²) in [6.45, 7) is 12.8. The van der Waals surface area contributed by atoms with Crippen molar-refractivity contribution in [2.24, 2.45) is 5.16 Å². The highest BCUT2D eigenvalue weighted by atomic mass is 16.6. The summed E-state index contributed by atoms with van der Waals surface area (Å²) >= 11 is 0. The lowest BCUT2D eigenvalue weighted by molar-refractivity contribution is -0.110. The third-order valence-corrected chi connectivity index (χ3v) is 6.52. The molecule has 1 heterocycles. The number of nitrogens with one attached hydrogen (secondary N) is 1. The monoisotopic (exact) mass is 498 g/mol. The van der Waals surface area contributed by atoms with E-state index in [9.17, 15) is 4.79 Å². The Bertz CT molecular complexity index is 940. The maximum atomic E-state index is 13.3. The number of rotatable bonds is 16. The van der Waals surface area contributed by atoms with Crippen molar-refractivity contribution in [1.29, 1.82) is 0 Å². The number of benzene rings is 1. The second-order valence-corrected chi connectivity index (χ2v) is 10.2. The smallest absolute Gasteiger partial charge is 0.281 e. The lowest BCUT2D eigenvalue weighted by Gasteiger charge is -2.20. The molecule has 36 heavy (non-hydrogen) atoms. The molecule has 2 rings (SSSR count). The van der Waals surface area contributed by atoms with Crippen LogP contribution in [-0.4, -0.2) is 38.9 Å². The molecule has 8 nitrogen and oxygen atoms in total. The first-order valence-electron chi connectivity index (χ1n) is 13.6. The minimum absolute atomic E-state index is 0.0105. The van der Waals surface area contributed by atoms with Gasteiger partial charge in [-0.3, -0.25) is 4.79 Å². The second-order valence-electron chi connectivity index (χ2n) is 10.2. The summed E-state index contributed by atoms with van der Waals surface area (Å²) in [4.78, 5) is 19.9. The number of nitrogens with zero attached hydrogens (tertiary/aromatic N) is 5. The average Bonchev–Trinajstić information content (AvgIpc) is 3.33. The van der Waals surface area contributed by atoms with E-state index < -0.39 is 5.91 Å². The van der Waals surface area contributed by atoms with Gasteiger partial charge < -0.3 is 10.2 Å². The number of amides is 1.